The SMILES string of the molecule is COc1ccc(-n2[nH]c(C)c(C(C)=NCCc3ccc(O)cc3)c2=O)cc1. The van der Waals surface area contributed by atoms with E-state index in [-0.39, 0.29) is 11.3 Å². The van der Waals surface area contributed by atoms with Crippen molar-refractivity contribution < 1.29 is 9.84 Å². The number of aromatic amines is 1. The van der Waals surface area contributed by atoms with Gasteiger partial charge in [0.15, 0.2) is 0 Å². The number of hydrogen-bond donors (Lipinski definition) is 2. The summed E-state index contributed by atoms with van der Waals surface area (Å²) in [5.41, 5.74) is 3.79. The number of aryl methyl sites for hydroxylation is 1. The Balaban J connectivity index is 1.80. The van der Waals surface area contributed by atoms with Crippen molar-refractivity contribution in [2.45, 2.75) is 20.3 Å². The van der Waals surface area contributed by atoms with E-state index in [9.17, 15) is 9.90 Å². The summed E-state index contributed by atoms with van der Waals surface area (Å²) in [6, 6.07) is 14.4. The minimum absolute atomic E-state index is 0.122. The molecule has 0 spiro atoms. The summed E-state index contributed by atoms with van der Waals surface area (Å²) in [7, 11) is 1.61. The predicted octanol–water partition coefficient (Wildman–Crippen LogP) is 3.24. The fourth-order valence-electron chi connectivity index (χ4n) is 2.98. The number of rotatable bonds is 6. The molecule has 0 saturated carbocycles. The standard InChI is InChI=1S/C21H23N3O3/c1-14(22-13-12-16-4-8-18(25)9-5-16)20-15(2)23-24(21(20)26)17-6-10-19(27-3)11-7-17/h4-11,23,25H,12-13H2,1-3H3. The second kappa shape index (κ2) is 7.95. The molecule has 1 heterocycles. The van der Waals surface area contributed by atoms with Gasteiger partial charge in [-0.15, -0.1) is 0 Å². The molecule has 0 bridgehead atoms. The maximum atomic E-state index is 12.8. The summed E-state index contributed by atoms with van der Waals surface area (Å²) in [5.74, 6) is 0.989. The molecule has 140 valence electrons. The monoisotopic (exact) mass is 365 g/mol. The van der Waals surface area contributed by atoms with Gasteiger partial charge in [0.1, 0.15) is 11.5 Å². The highest BCUT2D eigenvalue weighted by atomic mass is 16.5. The highest BCUT2D eigenvalue weighted by Crippen LogP contribution is 2.14. The zero-order valence-electron chi connectivity index (χ0n) is 15.7. The Hall–Kier alpha value is -3.28. The number of methoxy groups -OCH3 is 1. The molecule has 0 aliphatic rings. The number of hydrogen-bond acceptors (Lipinski definition) is 4. The van der Waals surface area contributed by atoms with Gasteiger partial charge in [-0.25, -0.2) is 4.68 Å². The summed E-state index contributed by atoms with van der Waals surface area (Å²) in [6.45, 7) is 4.30. The van der Waals surface area contributed by atoms with E-state index in [0.717, 1.165) is 29.1 Å². The Labute approximate surface area is 157 Å². The van der Waals surface area contributed by atoms with Gasteiger partial charge in [-0.1, -0.05) is 12.1 Å². The van der Waals surface area contributed by atoms with Gasteiger partial charge < -0.3 is 9.84 Å². The molecule has 3 aromatic rings. The van der Waals surface area contributed by atoms with Crippen molar-refractivity contribution in [3.05, 3.63) is 75.7 Å². The number of ether oxygens (including phenoxy) is 1. The number of nitrogens with one attached hydrogen (secondary N) is 1. The fourth-order valence-corrected chi connectivity index (χ4v) is 2.98. The quantitative estimate of drug-likeness (QED) is 0.658. The van der Waals surface area contributed by atoms with Crippen molar-refractivity contribution in [1.29, 1.82) is 0 Å². The van der Waals surface area contributed by atoms with E-state index in [1.807, 2.05) is 50.2 Å². The summed E-state index contributed by atoms with van der Waals surface area (Å²) >= 11 is 0. The van der Waals surface area contributed by atoms with Crippen LogP contribution in [-0.2, 0) is 6.42 Å². The first-order valence-electron chi connectivity index (χ1n) is 8.75. The molecule has 0 unspecified atom stereocenters. The van der Waals surface area contributed by atoms with Gasteiger partial charge in [0.25, 0.3) is 5.56 Å². The molecule has 6 heteroatoms. The van der Waals surface area contributed by atoms with Gasteiger partial charge in [0.2, 0.25) is 0 Å². The third kappa shape index (κ3) is 4.11. The number of phenolic OH excluding ortho intramolecular Hbond substituents is 1. The molecule has 0 aliphatic heterocycles. The molecule has 0 fully saturated rings. The number of H-pyrrole nitrogens is 1. The van der Waals surface area contributed by atoms with Gasteiger partial charge in [0.05, 0.1) is 18.4 Å². The maximum Gasteiger partial charge on any atom is 0.280 e. The minimum atomic E-state index is -0.122. The molecular formula is C21H23N3O3. The van der Waals surface area contributed by atoms with Crippen molar-refractivity contribution in [2.75, 3.05) is 13.7 Å². The molecule has 3 rings (SSSR count). The van der Waals surface area contributed by atoms with Crippen LogP contribution in [0.1, 0.15) is 23.7 Å². The zero-order chi connectivity index (χ0) is 19.4. The van der Waals surface area contributed by atoms with Crippen LogP contribution in [0.4, 0.5) is 0 Å². The molecule has 1 aromatic heterocycles. The molecular weight excluding hydrogens is 342 g/mol. The third-order valence-corrected chi connectivity index (χ3v) is 4.45. The summed E-state index contributed by atoms with van der Waals surface area (Å²) < 4.78 is 6.68. The van der Waals surface area contributed by atoms with Gasteiger partial charge in [-0.2, -0.15) is 0 Å². The van der Waals surface area contributed by atoms with Crippen LogP contribution in [0, 0.1) is 6.92 Å². The van der Waals surface area contributed by atoms with E-state index >= 15 is 0 Å². The van der Waals surface area contributed by atoms with Crippen LogP contribution in [0.15, 0.2) is 58.3 Å². The normalized spacial score (nSPS) is 11.6. The molecule has 0 aliphatic carbocycles. The molecule has 6 nitrogen and oxygen atoms in total. The Kier molecular flexibility index (Phi) is 5.45. The molecule has 27 heavy (non-hydrogen) atoms. The maximum absolute atomic E-state index is 12.8. The van der Waals surface area contributed by atoms with Crippen LogP contribution >= 0.6 is 0 Å². The molecule has 2 N–H and O–H groups in total. The topological polar surface area (TPSA) is 79.6 Å². The van der Waals surface area contributed by atoms with E-state index in [1.165, 1.54) is 4.68 Å². The summed E-state index contributed by atoms with van der Waals surface area (Å²) in [4.78, 5) is 17.4. The Morgan fingerprint density at radius 2 is 1.81 bits per heavy atom. The average Bonchev–Trinajstić information content (AvgIpc) is 2.97. The first kappa shape index (κ1) is 18.5. The van der Waals surface area contributed by atoms with Gasteiger partial charge in [-0.3, -0.25) is 14.9 Å². The number of benzene rings is 2. The molecule has 0 radical (unpaired) electrons. The van der Waals surface area contributed by atoms with Crippen LogP contribution in [0.25, 0.3) is 5.69 Å². The van der Waals surface area contributed by atoms with E-state index in [2.05, 4.69) is 10.1 Å². The summed E-state index contributed by atoms with van der Waals surface area (Å²) in [5, 5.41) is 12.4. The van der Waals surface area contributed by atoms with Crippen LogP contribution < -0.4 is 10.3 Å². The van der Waals surface area contributed by atoms with Crippen molar-refractivity contribution in [1.82, 2.24) is 9.78 Å². The first-order chi connectivity index (χ1) is 13.0. The van der Waals surface area contributed by atoms with E-state index < -0.39 is 0 Å². The van der Waals surface area contributed by atoms with E-state index in [1.54, 1.807) is 19.2 Å². The fraction of sp³-hybridized carbons (Fsp3) is 0.238. The first-order valence-corrected chi connectivity index (χ1v) is 8.75. The Morgan fingerprint density at radius 1 is 1.15 bits per heavy atom. The van der Waals surface area contributed by atoms with Crippen LogP contribution in [0.3, 0.4) is 0 Å². The van der Waals surface area contributed by atoms with Gasteiger partial charge in [-0.05, 0) is 62.2 Å². The lowest BCUT2D eigenvalue weighted by molar-refractivity contribution is 0.414. The molecule has 0 saturated heterocycles. The van der Waals surface area contributed by atoms with Crippen LogP contribution in [0.5, 0.6) is 11.5 Å². The number of aromatic hydroxyl groups is 1. The minimum Gasteiger partial charge on any atom is -0.508 e. The van der Waals surface area contributed by atoms with Crippen molar-refractivity contribution in [3.8, 4) is 17.2 Å². The smallest absolute Gasteiger partial charge is 0.280 e. The average molecular weight is 365 g/mol. The lowest BCUT2D eigenvalue weighted by Gasteiger charge is -2.03. The van der Waals surface area contributed by atoms with Gasteiger partial charge >= 0.3 is 0 Å². The third-order valence-electron chi connectivity index (χ3n) is 4.45. The van der Waals surface area contributed by atoms with Crippen LogP contribution in [-0.4, -0.2) is 34.3 Å². The number of aromatic nitrogens is 2. The van der Waals surface area contributed by atoms with Crippen molar-refractivity contribution >= 4 is 5.71 Å². The number of phenols is 1. The largest absolute Gasteiger partial charge is 0.508 e. The lowest BCUT2D eigenvalue weighted by atomic mass is 10.1. The predicted molar refractivity (Wildman–Crippen MR) is 107 cm³/mol. The molecule has 2 aromatic carbocycles. The van der Waals surface area contributed by atoms with E-state index in [0.29, 0.717) is 17.8 Å². The number of aliphatic imine (C=N–C) groups is 1. The van der Waals surface area contributed by atoms with Gasteiger partial charge in [0, 0.05) is 18.0 Å². The van der Waals surface area contributed by atoms with Crippen molar-refractivity contribution in [2.24, 2.45) is 4.99 Å². The van der Waals surface area contributed by atoms with E-state index in [4.69, 9.17) is 4.74 Å². The number of nitrogens with zero attached hydrogens (tertiary/aromatic N) is 2. The second-order valence-electron chi connectivity index (χ2n) is 6.33. The molecule has 0 atom stereocenters. The highest BCUT2D eigenvalue weighted by Gasteiger charge is 2.14. The van der Waals surface area contributed by atoms with Crippen molar-refractivity contribution in [3.63, 3.8) is 0 Å². The second-order valence-corrected chi connectivity index (χ2v) is 6.33. The molecule has 0 amide bonds. The Bertz CT molecular complexity index is 997. The zero-order valence-corrected chi connectivity index (χ0v) is 15.7. The lowest BCUT2D eigenvalue weighted by Crippen LogP contribution is -2.19. The van der Waals surface area contributed by atoms with Crippen LogP contribution in [0.2, 0.25) is 0 Å². The summed E-state index contributed by atoms with van der Waals surface area (Å²) in [6.07, 6.45) is 0.744. The Morgan fingerprint density at radius 3 is 2.44 bits per heavy atom. The highest BCUT2D eigenvalue weighted by molar-refractivity contribution is 5.99.